The van der Waals surface area contributed by atoms with Gasteiger partial charge in [-0.2, -0.15) is 0 Å². The minimum Gasteiger partial charge on any atom is -0.457 e. The molecule has 1 heterocycles. The Morgan fingerprint density at radius 1 is 0.970 bits per heavy atom. The molecule has 4 rings (SSSR count). The molecule has 3 aromatic rings. The van der Waals surface area contributed by atoms with Crippen LogP contribution in [0.4, 0.5) is 15.8 Å². The molecule has 0 bridgehead atoms. The number of ether oxygens (including phenoxy) is 1. The van der Waals surface area contributed by atoms with Gasteiger partial charge in [0.15, 0.2) is 0 Å². The fourth-order valence-corrected chi connectivity index (χ4v) is 4.33. The molecule has 1 aliphatic heterocycles. The number of anilines is 1. The van der Waals surface area contributed by atoms with Crippen LogP contribution in [0.1, 0.15) is 50.8 Å². The van der Waals surface area contributed by atoms with E-state index in [1.165, 1.54) is 5.56 Å². The molecule has 0 fully saturated rings. The van der Waals surface area contributed by atoms with E-state index in [2.05, 4.69) is 43.7 Å². The van der Waals surface area contributed by atoms with Crippen LogP contribution < -0.4 is 9.64 Å². The topological polar surface area (TPSA) is 24.8 Å². The summed E-state index contributed by atoms with van der Waals surface area (Å²) < 4.78 is 20.9. The Hall–Kier alpha value is -3.40. The van der Waals surface area contributed by atoms with Gasteiger partial charge in [-0.1, -0.05) is 30.7 Å². The molecule has 1 aliphatic rings. The average Bonchev–Trinajstić information content (AvgIpc) is 2.78. The van der Waals surface area contributed by atoms with Gasteiger partial charge in [-0.25, -0.2) is 4.39 Å². The van der Waals surface area contributed by atoms with Crippen molar-refractivity contribution < 1.29 is 9.13 Å². The number of benzene rings is 3. The molecule has 0 N–H and O–H groups in total. The maximum Gasteiger partial charge on any atom is 0.134 e. The molecular formula is C29H31FN2O. The van der Waals surface area contributed by atoms with Gasteiger partial charge < -0.3 is 9.64 Å². The van der Waals surface area contributed by atoms with Crippen LogP contribution in [0.15, 0.2) is 71.7 Å². The van der Waals surface area contributed by atoms with Gasteiger partial charge in [0, 0.05) is 29.6 Å². The van der Waals surface area contributed by atoms with Crippen LogP contribution in [0.3, 0.4) is 0 Å². The first-order valence-electron chi connectivity index (χ1n) is 11.5. The molecule has 0 amide bonds. The molecule has 0 unspecified atom stereocenters. The number of nitrogens with zero attached hydrogens (tertiary/aromatic N) is 2. The smallest absolute Gasteiger partial charge is 0.134 e. The van der Waals surface area contributed by atoms with Crippen LogP contribution in [0.5, 0.6) is 11.5 Å². The fourth-order valence-electron chi connectivity index (χ4n) is 4.33. The Bertz CT molecular complexity index is 1190. The Balaban J connectivity index is 1.55. The van der Waals surface area contributed by atoms with Crippen molar-refractivity contribution in [3.8, 4) is 11.5 Å². The first-order valence-corrected chi connectivity index (χ1v) is 11.5. The zero-order chi connectivity index (χ0) is 23.6. The molecule has 0 saturated heterocycles. The van der Waals surface area contributed by atoms with Crippen molar-refractivity contribution in [2.45, 2.75) is 46.6 Å². The summed E-state index contributed by atoms with van der Waals surface area (Å²) in [5, 5.41) is 0. The Labute approximate surface area is 196 Å². The SMILES string of the molecule is CCCN1c2cc(F)c(C=Nc3ccc(Oc4ccc(C)cc4)cc3)cc2C(C)=CC1(C)C. The van der Waals surface area contributed by atoms with Crippen molar-refractivity contribution in [3.63, 3.8) is 0 Å². The molecular weight excluding hydrogens is 411 g/mol. The standard InChI is InChI=1S/C29H31FN2O/c1-6-15-32-28-17-27(30)22(16-26(28)21(3)18-29(32,4)5)19-31-23-9-13-25(14-10-23)33-24-11-7-20(2)8-12-24/h7-14,16-19H,6,15H2,1-5H3. The van der Waals surface area contributed by atoms with Crippen molar-refractivity contribution >= 4 is 23.2 Å². The van der Waals surface area contributed by atoms with Gasteiger partial charge in [-0.05, 0) is 88.2 Å². The monoisotopic (exact) mass is 442 g/mol. The third kappa shape index (κ3) is 5.00. The lowest BCUT2D eigenvalue weighted by Crippen LogP contribution is -2.45. The summed E-state index contributed by atoms with van der Waals surface area (Å²) in [4.78, 5) is 6.79. The summed E-state index contributed by atoms with van der Waals surface area (Å²) in [7, 11) is 0. The van der Waals surface area contributed by atoms with Crippen LogP contribution in [0.2, 0.25) is 0 Å². The number of aryl methyl sites for hydroxylation is 1. The maximum atomic E-state index is 15.1. The first-order chi connectivity index (χ1) is 15.8. The highest BCUT2D eigenvalue weighted by atomic mass is 19.1. The first kappa shape index (κ1) is 22.8. The molecule has 0 spiro atoms. The number of hydrogen-bond acceptors (Lipinski definition) is 3. The maximum absolute atomic E-state index is 15.1. The number of fused-ring (bicyclic) bond motifs is 1. The Morgan fingerprint density at radius 3 is 2.24 bits per heavy atom. The van der Waals surface area contributed by atoms with Gasteiger partial charge >= 0.3 is 0 Å². The second-order valence-electron chi connectivity index (χ2n) is 9.19. The number of hydrogen-bond donors (Lipinski definition) is 0. The lowest BCUT2D eigenvalue weighted by molar-refractivity contribution is 0.482. The second kappa shape index (κ2) is 9.22. The highest BCUT2D eigenvalue weighted by Crippen LogP contribution is 2.40. The number of aliphatic imine (C=N–C) groups is 1. The van der Waals surface area contributed by atoms with Crippen LogP contribution in [0.25, 0.3) is 5.57 Å². The summed E-state index contributed by atoms with van der Waals surface area (Å²) in [6, 6.07) is 19.0. The number of allylic oxidation sites excluding steroid dienone is 1. The van der Waals surface area contributed by atoms with Crippen molar-refractivity contribution in [1.29, 1.82) is 0 Å². The van der Waals surface area contributed by atoms with Crippen molar-refractivity contribution in [2.24, 2.45) is 4.99 Å². The highest BCUT2D eigenvalue weighted by molar-refractivity contribution is 5.89. The van der Waals surface area contributed by atoms with Gasteiger partial charge in [0.05, 0.1) is 11.2 Å². The molecule has 0 aromatic heterocycles. The molecule has 0 saturated carbocycles. The molecule has 33 heavy (non-hydrogen) atoms. The minimum absolute atomic E-state index is 0.141. The third-order valence-electron chi connectivity index (χ3n) is 5.99. The normalized spacial score (nSPS) is 14.8. The molecule has 3 aromatic carbocycles. The van der Waals surface area contributed by atoms with Gasteiger partial charge in [0.1, 0.15) is 17.3 Å². The predicted octanol–water partition coefficient (Wildman–Crippen LogP) is 8.09. The van der Waals surface area contributed by atoms with E-state index in [0.29, 0.717) is 5.56 Å². The van der Waals surface area contributed by atoms with E-state index in [0.717, 1.165) is 47.0 Å². The Morgan fingerprint density at radius 2 is 1.61 bits per heavy atom. The molecule has 170 valence electrons. The third-order valence-corrected chi connectivity index (χ3v) is 5.99. The lowest BCUT2D eigenvalue weighted by Gasteiger charge is -2.43. The quantitative estimate of drug-likeness (QED) is 0.360. The molecule has 0 atom stereocenters. The summed E-state index contributed by atoms with van der Waals surface area (Å²) in [5.41, 5.74) is 5.45. The second-order valence-corrected chi connectivity index (χ2v) is 9.19. The molecule has 0 aliphatic carbocycles. The number of rotatable bonds is 6. The van der Waals surface area contributed by atoms with Crippen molar-refractivity contribution in [2.75, 3.05) is 11.4 Å². The van der Waals surface area contributed by atoms with E-state index < -0.39 is 0 Å². The van der Waals surface area contributed by atoms with Crippen molar-refractivity contribution in [1.82, 2.24) is 0 Å². The van der Waals surface area contributed by atoms with E-state index in [1.54, 1.807) is 12.3 Å². The van der Waals surface area contributed by atoms with Crippen LogP contribution in [-0.4, -0.2) is 18.3 Å². The van der Waals surface area contributed by atoms with Gasteiger partial charge in [-0.15, -0.1) is 0 Å². The largest absolute Gasteiger partial charge is 0.457 e. The molecule has 0 radical (unpaired) electrons. The fraction of sp³-hybridized carbons (Fsp3) is 0.276. The van der Waals surface area contributed by atoms with Gasteiger partial charge in [0.2, 0.25) is 0 Å². The van der Waals surface area contributed by atoms with Gasteiger partial charge in [-0.3, -0.25) is 4.99 Å². The summed E-state index contributed by atoms with van der Waals surface area (Å²) in [6.07, 6.45) is 4.86. The zero-order valence-corrected chi connectivity index (χ0v) is 20.0. The zero-order valence-electron chi connectivity index (χ0n) is 20.0. The van der Waals surface area contributed by atoms with E-state index in [1.807, 2.05) is 61.5 Å². The molecule has 3 nitrogen and oxygen atoms in total. The van der Waals surface area contributed by atoms with Crippen LogP contribution in [-0.2, 0) is 0 Å². The molecule has 4 heteroatoms. The Kier molecular flexibility index (Phi) is 6.37. The van der Waals surface area contributed by atoms with Gasteiger partial charge in [0.25, 0.3) is 0 Å². The van der Waals surface area contributed by atoms with Crippen molar-refractivity contribution in [3.05, 3.63) is 89.2 Å². The predicted molar refractivity (Wildman–Crippen MR) is 137 cm³/mol. The van der Waals surface area contributed by atoms with E-state index >= 15 is 4.39 Å². The van der Waals surface area contributed by atoms with E-state index in [-0.39, 0.29) is 11.4 Å². The number of halogens is 1. The average molecular weight is 443 g/mol. The summed E-state index contributed by atoms with van der Waals surface area (Å²) in [5.74, 6) is 1.26. The van der Waals surface area contributed by atoms with Crippen LogP contribution in [0, 0.1) is 12.7 Å². The lowest BCUT2D eigenvalue weighted by atomic mass is 9.87. The highest BCUT2D eigenvalue weighted by Gasteiger charge is 2.31. The van der Waals surface area contributed by atoms with E-state index in [9.17, 15) is 0 Å². The summed E-state index contributed by atoms with van der Waals surface area (Å²) in [6.45, 7) is 11.5. The van der Waals surface area contributed by atoms with Crippen LogP contribution >= 0.6 is 0 Å². The minimum atomic E-state index is -0.261. The van der Waals surface area contributed by atoms with E-state index in [4.69, 9.17) is 4.74 Å². The summed E-state index contributed by atoms with van der Waals surface area (Å²) >= 11 is 0.